The first-order chi connectivity index (χ1) is 8.75. The zero-order valence-corrected chi connectivity index (χ0v) is 10.2. The van der Waals surface area contributed by atoms with Crippen LogP contribution in [0.1, 0.15) is 12.0 Å². The highest BCUT2D eigenvalue weighted by atomic mass is 16.4. The Morgan fingerprint density at radius 1 is 1.39 bits per heavy atom. The van der Waals surface area contributed by atoms with E-state index in [1.54, 1.807) is 0 Å². The first kappa shape index (κ1) is 11.5. The molecule has 2 fully saturated rings. The summed E-state index contributed by atoms with van der Waals surface area (Å²) in [7, 11) is 0. The number of benzene rings is 1. The van der Waals surface area contributed by atoms with Crippen molar-refractivity contribution in [1.82, 2.24) is 10.6 Å². The molecule has 0 radical (unpaired) electrons. The summed E-state index contributed by atoms with van der Waals surface area (Å²) in [5.41, 5.74) is 1.29. The van der Waals surface area contributed by atoms with Crippen molar-refractivity contribution in [1.29, 1.82) is 0 Å². The van der Waals surface area contributed by atoms with Gasteiger partial charge in [0.05, 0.1) is 0 Å². The van der Waals surface area contributed by atoms with Gasteiger partial charge in [0.15, 0.2) is 0 Å². The highest BCUT2D eigenvalue weighted by Crippen LogP contribution is 2.61. The van der Waals surface area contributed by atoms with Crippen molar-refractivity contribution in [2.24, 2.45) is 11.8 Å². The lowest BCUT2D eigenvalue weighted by molar-refractivity contribution is 0.193. The van der Waals surface area contributed by atoms with Crippen LogP contribution in [0.5, 0.6) is 0 Å². The highest BCUT2D eigenvalue weighted by Gasteiger charge is 2.65. The molecule has 4 nitrogen and oxygen atoms in total. The molecule has 1 saturated heterocycles. The van der Waals surface area contributed by atoms with Gasteiger partial charge in [0.2, 0.25) is 0 Å². The Hall–Kier alpha value is -1.55. The van der Waals surface area contributed by atoms with Crippen LogP contribution in [0.2, 0.25) is 0 Å². The standard InChI is InChI=1S/C14H18N2O2/c17-13(18)16-9-14(10-4-2-1-3-5-10)11-6-7-15-8-12(11)14/h1-5,11-12,15-16H,6-9H2,(H,17,18). The number of nitrogens with one attached hydrogen (secondary N) is 2. The van der Waals surface area contributed by atoms with Crippen LogP contribution < -0.4 is 10.6 Å². The number of rotatable bonds is 3. The normalized spacial score (nSPS) is 33.6. The molecule has 0 bridgehead atoms. The first-order valence-electron chi connectivity index (χ1n) is 6.48. The Bertz CT molecular complexity index is 434. The molecule has 18 heavy (non-hydrogen) atoms. The van der Waals surface area contributed by atoms with E-state index in [0.29, 0.717) is 18.4 Å². The quantitative estimate of drug-likeness (QED) is 0.756. The van der Waals surface area contributed by atoms with Gasteiger partial charge in [-0.25, -0.2) is 4.79 Å². The van der Waals surface area contributed by atoms with Crippen LogP contribution in [0.25, 0.3) is 0 Å². The van der Waals surface area contributed by atoms with E-state index in [4.69, 9.17) is 5.11 Å². The second-order valence-corrected chi connectivity index (χ2v) is 5.27. The molecule has 1 amide bonds. The van der Waals surface area contributed by atoms with Crippen molar-refractivity contribution in [3.05, 3.63) is 35.9 Å². The molecule has 4 heteroatoms. The lowest BCUT2D eigenvalue weighted by Crippen LogP contribution is -2.33. The monoisotopic (exact) mass is 246 g/mol. The van der Waals surface area contributed by atoms with Crippen molar-refractivity contribution < 1.29 is 9.90 Å². The molecule has 1 aromatic carbocycles. The van der Waals surface area contributed by atoms with Gasteiger partial charge in [-0.2, -0.15) is 0 Å². The number of carboxylic acid groups (broad SMARTS) is 1. The predicted molar refractivity (Wildman–Crippen MR) is 68.6 cm³/mol. The third-order valence-corrected chi connectivity index (χ3v) is 4.54. The number of carbonyl (C=O) groups is 1. The van der Waals surface area contributed by atoms with Crippen molar-refractivity contribution in [2.45, 2.75) is 11.8 Å². The first-order valence-corrected chi connectivity index (χ1v) is 6.48. The topological polar surface area (TPSA) is 61.4 Å². The van der Waals surface area contributed by atoms with E-state index in [0.717, 1.165) is 19.5 Å². The van der Waals surface area contributed by atoms with E-state index in [1.165, 1.54) is 5.56 Å². The Kier molecular flexibility index (Phi) is 2.74. The summed E-state index contributed by atoms with van der Waals surface area (Å²) >= 11 is 0. The number of hydrogen-bond donors (Lipinski definition) is 3. The van der Waals surface area contributed by atoms with Gasteiger partial charge in [0, 0.05) is 12.0 Å². The maximum Gasteiger partial charge on any atom is 0.404 e. The lowest BCUT2D eigenvalue weighted by atomic mass is 9.91. The molecule has 1 heterocycles. The molecular weight excluding hydrogens is 228 g/mol. The molecule has 3 unspecified atom stereocenters. The fraction of sp³-hybridized carbons (Fsp3) is 0.500. The number of fused-ring (bicyclic) bond motifs is 1. The van der Waals surface area contributed by atoms with Crippen LogP contribution in [0, 0.1) is 11.8 Å². The average Bonchev–Trinajstić information content (AvgIpc) is 3.07. The fourth-order valence-electron chi connectivity index (χ4n) is 3.67. The third kappa shape index (κ3) is 1.68. The molecule has 3 atom stereocenters. The summed E-state index contributed by atoms with van der Waals surface area (Å²) in [6.45, 7) is 2.58. The van der Waals surface area contributed by atoms with Crippen LogP contribution >= 0.6 is 0 Å². The Morgan fingerprint density at radius 3 is 2.78 bits per heavy atom. The van der Waals surface area contributed by atoms with Gasteiger partial charge in [-0.05, 0) is 36.9 Å². The molecule has 96 valence electrons. The molecule has 3 N–H and O–H groups in total. The summed E-state index contributed by atoms with van der Waals surface area (Å²) in [5.74, 6) is 1.19. The summed E-state index contributed by atoms with van der Waals surface area (Å²) < 4.78 is 0. The molecular formula is C14H18N2O2. The van der Waals surface area contributed by atoms with Crippen LogP contribution in [0.4, 0.5) is 4.79 Å². The SMILES string of the molecule is O=C(O)NCC1(c2ccccc2)C2CCNCC21. The number of amides is 1. The maximum atomic E-state index is 10.8. The molecule has 0 spiro atoms. The van der Waals surface area contributed by atoms with Crippen molar-refractivity contribution in [3.63, 3.8) is 0 Å². The molecule has 3 rings (SSSR count). The summed E-state index contributed by atoms with van der Waals surface area (Å²) in [6, 6.07) is 10.3. The van der Waals surface area contributed by atoms with Crippen LogP contribution in [0.3, 0.4) is 0 Å². The minimum Gasteiger partial charge on any atom is -0.465 e. The average molecular weight is 246 g/mol. The number of piperidine rings is 1. The Labute approximate surface area is 106 Å². The van der Waals surface area contributed by atoms with E-state index in [9.17, 15) is 4.79 Å². The van der Waals surface area contributed by atoms with Gasteiger partial charge in [0.25, 0.3) is 0 Å². The van der Waals surface area contributed by atoms with Gasteiger partial charge in [-0.1, -0.05) is 30.3 Å². The highest BCUT2D eigenvalue weighted by molar-refractivity contribution is 5.65. The van der Waals surface area contributed by atoms with E-state index < -0.39 is 6.09 Å². The molecule has 1 aliphatic carbocycles. The van der Waals surface area contributed by atoms with Crippen molar-refractivity contribution >= 4 is 6.09 Å². The summed E-state index contributed by atoms with van der Waals surface area (Å²) in [6.07, 6.45) is 0.211. The molecule has 1 aromatic rings. The van der Waals surface area contributed by atoms with Gasteiger partial charge in [-0.3, -0.25) is 0 Å². The smallest absolute Gasteiger partial charge is 0.404 e. The summed E-state index contributed by atoms with van der Waals surface area (Å²) in [5, 5.41) is 14.9. The zero-order valence-electron chi connectivity index (χ0n) is 10.2. The van der Waals surface area contributed by atoms with E-state index >= 15 is 0 Å². The Balaban J connectivity index is 1.88. The van der Waals surface area contributed by atoms with Crippen LogP contribution in [-0.2, 0) is 5.41 Å². The molecule has 1 saturated carbocycles. The van der Waals surface area contributed by atoms with Gasteiger partial charge in [-0.15, -0.1) is 0 Å². The van der Waals surface area contributed by atoms with Gasteiger partial charge in [0.1, 0.15) is 0 Å². The summed E-state index contributed by atoms with van der Waals surface area (Å²) in [4.78, 5) is 10.8. The van der Waals surface area contributed by atoms with Crippen molar-refractivity contribution in [3.8, 4) is 0 Å². The molecule has 2 aliphatic rings. The van der Waals surface area contributed by atoms with E-state index in [-0.39, 0.29) is 5.41 Å². The second-order valence-electron chi connectivity index (χ2n) is 5.27. The van der Waals surface area contributed by atoms with Gasteiger partial charge < -0.3 is 15.7 Å². The minimum atomic E-state index is -0.929. The van der Waals surface area contributed by atoms with E-state index in [1.807, 2.05) is 18.2 Å². The third-order valence-electron chi connectivity index (χ3n) is 4.54. The second kappa shape index (κ2) is 4.28. The predicted octanol–water partition coefficient (Wildman–Crippen LogP) is 1.43. The van der Waals surface area contributed by atoms with E-state index in [2.05, 4.69) is 22.8 Å². The fourth-order valence-corrected chi connectivity index (χ4v) is 3.67. The van der Waals surface area contributed by atoms with Crippen LogP contribution in [-0.4, -0.2) is 30.8 Å². The maximum absolute atomic E-state index is 10.8. The largest absolute Gasteiger partial charge is 0.465 e. The lowest BCUT2D eigenvalue weighted by Gasteiger charge is -2.18. The Morgan fingerprint density at radius 2 is 2.17 bits per heavy atom. The zero-order chi connectivity index (χ0) is 12.6. The number of hydrogen-bond acceptors (Lipinski definition) is 2. The minimum absolute atomic E-state index is 0.0170. The molecule has 0 aromatic heterocycles. The molecule has 1 aliphatic heterocycles. The van der Waals surface area contributed by atoms with Crippen molar-refractivity contribution in [2.75, 3.05) is 19.6 Å². The van der Waals surface area contributed by atoms with Gasteiger partial charge >= 0.3 is 6.09 Å². The van der Waals surface area contributed by atoms with Crippen LogP contribution in [0.15, 0.2) is 30.3 Å².